The highest BCUT2D eigenvalue weighted by atomic mass is 16.3. The van der Waals surface area contributed by atoms with Crippen molar-refractivity contribution >= 4 is 90.3 Å². The number of hydrogen-bond donors (Lipinski definition) is 0. The Morgan fingerprint density at radius 2 is 1.05 bits per heavy atom. The van der Waals surface area contributed by atoms with Crippen molar-refractivity contribution in [3.63, 3.8) is 0 Å². The van der Waals surface area contributed by atoms with E-state index in [0.29, 0.717) is 0 Å². The van der Waals surface area contributed by atoms with Crippen molar-refractivity contribution in [1.82, 2.24) is 0 Å². The molecule has 0 aliphatic carbocycles. The molecule has 0 spiro atoms. The van der Waals surface area contributed by atoms with E-state index in [9.17, 15) is 0 Å². The molecule has 5 heterocycles. The smallest absolute Gasteiger partial charge is 0.297 e. The average Bonchev–Trinajstić information content (AvgIpc) is 4.02. The van der Waals surface area contributed by atoms with Crippen molar-refractivity contribution in [3.8, 4) is 22.6 Å². The van der Waals surface area contributed by atoms with Crippen molar-refractivity contribution in [2.45, 2.75) is 66.2 Å². The number of aryl methyl sites for hydroxylation is 2. The van der Waals surface area contributed by atoms with Crippen LogP contribution in [0.4, 0.5) is 34.1 Å². The second-order valence-corrected chi connectivity index (χ2v) is 19.9. The van der Waals surface area contributed by atoms with Crippen LogP contribution in [0.1, 0.15) is 63.8 Å². The Morgan fingerprint density at radius 1 is 0.453 bits per heavy atom. The monoisotopic (exact) mass is 832 g/mol. The molecule has 7 aromatic carbocycles. The summed E-state index contributed by atoms with van der Waals surface area (Å²) in [5, 5.41) is 3.30. The lowest BCUT2D eigenvalue weighted by molar-refractivity contribution is 0.589. The summed E-state index contributed by atoms with van der Waals surface area (Å²) >= 11 is 0. The van der Waals surface area contributed by atoms with E-state index in [1.54, 1.807) is 0 Å². The lowest BCUT2D eigenvalue weighted by atomic mass is 9.35. The highest BCUT2D eigenvalue weighted by Gasteiger charge is 2.47. The molecule has 0 atom stereocenters. The highest BCUT2D eigenvalue weighted by molar-refractivity contribution is 7.00. The molecule has 6 heteroatoms. The molecule has 0 fully saturated rings. The van der Waals surface area contributed by atoms with Crippen LogP contribution in [-0.4, -0.2) is 6.71 Å². The van der Waals surface area contributed by atoms with Crippen molar-refractivity contribution in [2.75, 3.05) is 9.80 Å². The summed E-state index contributed by atoms with van der Waals surface area (Å²) in [6.45, 7) is 18.1. The van der Waals surface area contributed by atoms with Gasteiger partial charge in [-0.25, -0.2) is 0 Å². The van der Waals surface area contributed by atoms with E-state index < -0.39 is 0 Å². The maximum Gasteiger partial charge on any atom is 0.297 e. The zero-order chi connectivity index (χ0) is 43.8. The zero-order valence-corrected chi connectivity index (χ0v) is 37.6. The van der Waals surface area contributed by atoms with Gasteiger partial charge in [-0.15, -0.1) is 0 Å². The normalized spacial score (nSPS) is 13.5. The molecule has 312 valence electrons. The minimum Gasteiger partial charge on any atom is -0.468 e. The van der Waals surface area contributed by atoms with Crippen LogP contribution in [0.25, 0.3) is 55.6 Å². The molecule has 0 bridgehead atoms. The number of nitrogens with zero attached hydrogens (tertiary/aromatic N) is 2. The first kappa shape index (κ1) is 38.5. The quantitative estimate of drug-likeness (QED) is 0.165. The first-order valence-electron chi connectivity index (χ1n) is 22.4. The van der Waals surface area contributed by atoms with Gasteiger partial charge in [0.1, 0.15) is 28.3 Å². The number of hydrogen-bond acceptors (Lipinski definition) is 5. The maximum atomic E-state index is 7.30. The van der Waals surface area contributed by atoms with Crippen LogP contribution in [0.3, 0.4) is 0 Å². The van der Waals surface area contributed by atoms with Crippen LogP contribution >= 0.6 is 0 Å². The SMILES string of the molecule is Cc1cc(C(C)(C)C)cc(C)c1N1c2cccc3c2B(c2cc(-c4cc5ccccc5o4)ccc2N3c2ccc(-c3cc4ccccc4o3)cc2)c2oc3ccc(C(C)(C)C)cc3c21. The molecule has 0 radical (unpaired) electrons. The molecule has 0 saturated carbocycles. The summed E-state index contributed by atoms with van der Waals surface area (Å²) < 4.78 is 20.2. The third kappa shape index (κ3) is 5.85. The third-order valence-corrected chi connectivity index (χ3v) is 13.6. The predicted octanol–water partition coefficient (Wildman–Crippen LogP) is 14.6. The Morgan fingerprint density at radius 3 is 1.67 bits per heavy atom. The van der Waals surface area contributed by atoms with Crippen molar-refractivity contribution in [3.05, 3.63) is 174 Å². The lowest BCUT2D eigenvalue weighted by Gasteiger charge is -2.43. The first-order valence-corrected chi connectivity index (χ1v) is 22.4. The van der Waals surface area contributed by atoms with E-state index in [2.05, 4.69) is 187 Å². The van der Waals surface area contributed by atoms with Crippen LogP contribution < -0.4 is 26.4 Å². The van der Waals surface area contributed by atoms with Crippen LogP contribution in [0.15, 0.2) is 165 Å². The molecule has 0 N–H and O–H groups in total. The number of furan rings is 3. The number of benzene rings is 7. The molecular weight excluding hydrogens is 783 g/mol. The number of anilines is 6. The minimum atomic E-state index is -0.206. The van der Waals surface area contributed by atoms with Crippen LogP contribution in [0, 0.1) is 13.8 Å². The molecule has 3 aromatic heterocycles. The maximum absolute atomic E-state index is 7.30. The molecule has 5 nitrogen and oxygen atoms in total. The van der Waals surface area contributed by atoms with E-state index in [0.717, 1.165) is 95.1 Å². The van der Waals surface area contributed by atoms with Crippen LogP contribution in [0.5, 0.6) is 0 Å². The van der Waals surface area contributed by atoms with Gasteiger partial charge in [0, 0.05) is 50.0 Å². The molecule has 0 saturated heterocycles. The minimum absolute atomic E-state index is 0.00375. The summed E-state index contributed by atoms with van der Waals surface area (Å²) in [6, 6.07) is 54.7. The Bertz CT molecular complexity index is 3430. The molecule has 2 aliphatic rings. The van der Waals surface area contributed by atoms with E-state index in [-0.39, 0.29) is 17.5 Å². The zero-order valence-electron chi connectivity index (χ0n) is 37.6. The Labute approximate surface area is 374 Å². The topological polar surface area (TPSA) is 45.9 Å². The second kappa shape index (κ2) is 13.7. The van der Waals surface area contributed by atoms with Gasteiger partial charge in [0.2, 0.25) is 0 Å². The Hall–Kier alpha value is -7.18. The molecule has 10 aromatic rings. The van der Waals surface area contributed by atoms with Crippen molar-refractivity contribution < 1.29 is 13.3 Å². The van der Waals surface area contributed by atoms with E-state index in [4.69, 9.17) is 13.3 Å². The summed E-state index contributed by atoms with van der Waals surface area (Å²) in [7, 11) is 0. The fourth-order valence-electron chi connectivity index (χ4n) is 10.3. The molecular formula is C58H49BN2O3. The molecule has 64 heavy (non-hydrogen) atoms. The van der Waals surface area contributed by atoms with Gasteiger partial charge in [0.15, 0.2) is 0 Å². The van der Waals surface area contributed by atoms with Gasteiger partial charge in [0.05, 0.1) is 17.0 Å². The lowest BCUT2D eigenvalue weighted by Crippen LogP contribution is -2.61. The van der Waals surface area contributed by atoms with Gasteiger partial charge in [-0.3, -0.25) is 0 Å². The number of para-hydroxylation sites is 2. The van der Waals surface area contributed by atoms with Crippen molar-refractivity contribution in [2.24, 2.45) is 0 Å². The summed E-state index contributed by atoms with van der Waals surface area (Å²) in [4.78, 5) is 4.96. The van der Waals surface area contributed by atoms with E-state index in [1.807, 2.05) is 30.3 Å². The second-order valence-electron chi connectivity index (χ2n) is 19.9. The van der Waals surface area contributed by atoms with E-state index in [1.165, 1.54) is 33.4 Å². The van der Waals surface area contributed by atoms with Gasteiger partial charge >= 0.3 is 0 Å². The fraction of sp³-hybridized carbons (Fsp3) is 0.172. The van der Waals surface area contributed by atoms with Crippen molar-refractivity contribution in [1.29, 1.82) is 0 Å². The first-order chi connectivity index (χ1) is 30.8. The van der Waals surface area contributed by atoms with Gasteiger partial charge < -0.3 is 23.1 Å². The number of fused-ring (bicyclic) bond motifs is 8. The van der Waals surface area contributed by atoms with Gasteiger partial charge in [0.25, 0.3) is 6.71 Å². The van der Waals surface area contributed by atoms with Gasteiger partial charge in [-0.1, -0.05) is 108 Å². The fourth-order valence-corrected chi connectivity index (χ4v) is 10.3. The van der Waals surface area contributed by atoms with Gasteiger partial charge in [-0.05, 0) is 143 Å². The molecule has 12 rings (SSSR count). The Kier molecular flexibility index (Phi) is 8.22. The third-order valence-electron chi connectivity index (χ3n) is 13.6. The molecule has 0 unspecified atom stereocenters. The summed E-state index contributed by atoms with van der Waals surface area (Å²) in [6.07, 6.45) is 0. The van der Waals surface area contributed by atoms with Crippen LogP contribution in [0.2, 0.25) is 0 Å². The largest absolute Gasteiger partial charge is 0.468 e. The average molecular weight is 833 g/mol. The number of rotatable bonds is 4. The predicted molar refractivity (Wildman–Crippen MR) is 268 cm³/mol. The van der Waals surface area contributed by atoms with Gasteiger partial charge in [-0.2, -0.15) is 0 Å². The highest BCUT2D eigenvalue weighted by Crippen LogP contribution is 2.49. The molecule has 0 amide bonds. The van der Waals surface area contributed by atoms with E-state index >= 15 is 0 Å². The van der Waals surface area contributed by atoms with Crippen LogP contribution in [-0.2, 0) is 10.8 Å². The summed E-state index contributed by atoms with van der Waals surface area (Å²) in [5.41, 5.74) is 19.8. The Balaban J connectivity index is 1.13. The standard InChI is InChI=1S/C58H49BN2O3/c1-34-28-41(58(6,7)8)29-35(2)54(34)61-47-17-13-16-46-53(47)59(56-55(61)43-33-40(57(3,4)5)23-27-50(43)64-56)44-30-39(52-32-38-15-10-12-19-49(38)63-52)22-26-45(44)60(46)42-24-20-36(21-25-42)51-31-37-14-9-11-18-48(37)62-51/h9-33H,1-8H3. The molecule has 2 aliphatic heterocycles. The summed E-state index contributed by atoms with van der Waals surface area (Å²) in [5.74, 6) is 1.69.